The van der Waals surface area contributed by atoms with Gasteiger partial charge in [-0.1, -0.05) is 45.5 Å². The van der Waals surface area contributed by atoms with Crippen LogP contribution in [0.2, 0.25) is 0 Å². The van der Waals surface area contributed by atoms with Crippen molar-refractivity contribution in [2.75, 3.05) is 32.1 Å². The lowest BCUT2D eigenvalue weighted by Gasteiger charge is -2.29. The minimum Gasteiger partial charge on any atom is -0.496 e. The average Bonchev–Trinajstić information content (AvgIpc) is 3.35. The summed E-state index contributed by atoms with van der Waals surface area (Å²) in [7, 11) is 3.26. The molecule has 0 aliphatic carbocycles. The van der Waals surface area contributed by atoms with E-state index in [9.17, 15) is 14.4 Å². The number of amides is 2. The number of anilines is 1. The first-order valence-electron chi connectivity index (χ1n) is 12.3. The molecule has 2 aliphatic heterocycles. The van der Waals surface area contributed by atoms with Crippen LogP contribution in [0.1, 0.15) is 37.9 Å². The Hall–Kier alpha value is -3.50. The fraction of sp³-hybridized carbons (Fsp3) is 0.286. The van der Waals surface area contributed by atoms with E-state index in [1.807, 2.05) is 56.3 Å². The van der Waals surface area contributed by atoms with Crippen LogP contribution < -0.4 is 24.5 Å². The zero-order valence-electron chi connectivity index (χ0n) is 21.7. The second kappa shape index (κ2) is 9.99. The van der Waals surface area contributed by atoms with Gasteiger partial charge in [0.25, 0.3) is 17.4 Å². The molecule has 0 unspecified atom stereocenters. The molecule has 0 spiro atoms. The van der Waals surface area contributed by atoms with Gasteiger partial charge in [-0.05, 0) is 45.0 Å². The number of rotatable bonds is 5. The second-order valence-electron chi connectivity index (χ2n) is 9.02. The standard InChI is InChI=1S/C28H27BrN4O4S/c1-6-32(7-2)26(35)21-15(3)30-28-33(23(21)17-10-8-9-11-20(17)37-5)27(36)24(38-28)22-18-14-16(29)12-13-19(18)31(4)25(22)34/h8-14,23H,6-7H2,1-5H3/b24-22+/t23-/m0/s1. The van der Waals surface area contributed by atoms with Gasteiger partial charge in [0.05, 0.1) is 29.6 Å². The summed E-state index contributed by atoms with van der Waals surface area (Å²) < 4.78 is 8.30. The number of methoxy groups -OCH3 is 1. The fourth-order valence-corrected chi connectivity index (χ4v) is 6.62. The Morgan fingerprint density at radius 2 is 1.87 bits per heavy atom. The van der Waals surface area contributed by atoms with Crippen LogP contribution in [-0.2, 0) is 9.59 Å². The van der Waals surface area contributed by atoms with E-state index in [-0.39, 0.29) is 17.4 Å². The van der Waals surface area contributed by atoms with E-state index in [2.05, 4.69) is 15.9 Å². The Bertz CT molecular complexity index is 1700. The molecule has 0 radical (unpaired) electrons. The summed E-state index contributed by atoms with van der Waals surface area (Å²) in [6.07, 6.45) is 0. The molecular formula is C28H27BrN4O4S. The first-order valence-corrected chi connectivity index (χ1v) is 13.9. The van der Waals surface area contributed by atoms with Crippen LogP contribution in [-0.4, -0.2) is 48.5 Å². The lowest BCUT2D eigenvalue weighted by atomic mass is 9.94. The van der Waals surface area contributed by atoms with Crippen LogP contribution in [0.5, 0.6) is 5.75 Å². The third-order valence-corrected chi connectivity index (χ3v) is 8.59. The van der Waals surface area contributed by atoms with E-state index in [0.29, 0.717) is 56.1 Å². The Labute approximate surface area is 232 Å². The molecule has 0 saturated carbocycles. The summed E-state index contributed by atoms with van der Waals surface area (Å²) in [6, 6.07) is 12.2. The van der Waals surface area contributed by atoms with Gasteiger partial charge in [0.1, 0.15) is 16.3 Å². The topological polar surface area (TPSA) is 84.2 Å². The van der Waals surface area contributed by atoms with Crippen LogP contribution in [0, 0.1) is 0 Å². The first kappa shape index (κ1) is 26.1. The summed E-state index contributed by atoms with van der Waals surface area (Å²) in [5.41, 5.74) is 3.01. The van der Waals surface area contributed by atoms with Gasteiger partial charge in [0, 0.05) is 35.7 Å². The molecule has 0 N–H and O–H groups in total. The fourth-order valence-electron chi connectivity index (χ4n) is 5.13. The van der Waals surface area contributed by atoms with E-state index in [4.69, 9.17) is 9.73 Å². The Balaban J connectivity index is 1.86. The van der Waals surface area contributed by atoms with Crippen molar-refractivity contribution < 1.29 is 14.3 Å². The lowest BCUT2D eigenvalue weighted by molar-refractivity contribution is -0.127. The normalized spacial score (nSPS) is 17.8. The summed E-state index contributed by atoms with van der Waals surface area (Å²) >= 11 is 4.66. The van der Waals surface area contributed by atoms with Crippen LogP contribution >= 0.6 is 27.3 Å². The SMILES string of the molecule is CCN(CC)C(=O)C1=C(C)N=c2s/c(=C3/C(=O)N(C)c4ccc(Br)cc43)c(=O)n2[C@H]1c1ccccc1OC. The minimum atomic E-state index is -0.763. The second-order valence-corrected chi connectivity index (χ2v) is 10.9. The van der Waals surface area contributed by atoms with Crippen molar-refractivity contribution in [2.24, 2.45) is 4.99 Å². The number of aromatic nitrogens is 1. The summed E-state index contributed by atoms with van der Waals surface area (Å²) in [4.78, 5) is 49.9. The molecule has 2 aromatic carbocycles. The van der Waals surface area contributed by atoms with Crippen LogP contribution in [0.3, 0.4) is 0 Å². The zero-order chi connectivity index (χ0) is 27.3. The van der Waals surface area contributed by atoms with Gasteiger partial charge in [0.15, 0.2) is 4.80 Å². The van der Waals surface area contributed by atoms with Crippen LogP contribution in [0.4, 0.5) is 5.69 Å². The number of halogens is 1. The molecule has 10 heteroatoms. The van der Waals surface area contributed by atoms with E-state index < -0.39 is 6.04 Å². The maximum atomic E-state index is 14.2. The van der Waals surface area contributed by atoms with Gasteiger partial charge >= 0.3 is 0 Å². The highest BCUT2D eigenvalue weighted by molar-refractivity contribution is 9.10. The van der Waals surface area contributed by atoms with E-state index in [1.165, 1.54) is 15.9 Å². The van der Waals surface area contributed by atoms with Crippen molar-refractivity contribution in [1.29, 1.82) is 0 Å². The third kappa shape index (κ3) is 3.94. The lowest BCUT2D eigenvalue weighted by Crippen LogP contribution is -2.43. The number of thiazole rings is 1. The predicted octanol–water partition coefficient (Wildman–Crippen LogP) is 3.22. The molecule has 196 valence electrons. The molecule has 0 bridgehead atoms. The number of hydrogen-bond donors (Lipinski definition) is 0. The first-order chi connectivity index (χ1) is 18.2. The number of fused-ring (bicyclic) bond motifs is 2. The van der Waals surface area contributed by atoms with Crippen LogP contribution in [0.15, 0.2) is 68.0 Å². The summed E-state index contributed by atoms with van der Waals surface area (Å²) in [6.45, 7) is 6.67. The summed E-state index contributed by atoms with van der Waals surface area (Å²) in [5, 5.41) is 0. The van der Waals surface area contributed by atoms with Gasteiger partial charge in [-0.3, -0.25) is 19.0 Å². The number of allylic oxidation sites excluding steroid dienone is 1. The van der Waals surface area contributed by atoms with E-state index in [0.717, 1.165) is 10.2 Å². The maximum Gasteiger partial charge on any atom is 0.271 e. The Kier molecular flexibility index (Phi) is 6.87. The molecule has 0 fully saturated rings. The number of carbonyl (C=O) groups is 2. The molecule has 8 nitrogen and oxygen atoms in total. The van der Waals surface area contributed by atoms with E-state index in [1.54, 1.807) is 30.9 Å². The van der Waals surface area contributed by atoms with Crippen molar-refractivity contribution in [3.05, 3.63) is 89.0 Å². The number of likely N-dealkylation sites (N-methyl/N-ethyl adjacent to an activating group) is 2. The molecule has 3 heterocycles. The van der Waals surface area contributed by atoms with Crippen molar-refractivity contribution >= 4 is 50.3 Å². The largest absolute Gasteiger partial charge is 0.496 e. The van der Waals surface area contributed by atoms with Crippen molar-refractivity contribution in [2.45, 2.75) is 26.8 Å². The van der Waals surface area contributed by atoms with Gasteiger partial charge in [-0.2, -0.15) is 0 Å². The number of para-hydroxylation sites is 1. The molecular weight excluding hydrogens is 568 g/mol. The van der Waals surface area contributed by atoms with Crippen molar-refractivity contribution in [3.63, 3.8) is 0 Å². The van der Waals surface area contributed by atoms with Crippen LogP contribution in [0.25, 0.3) is 5.57 Å². The zero-order valence-corrected chi connectivity index (χ0v) is 24.1. The van der Waals surface area contributed by atoms with Gasteiger partial charge in [-0.25, -0.2) is 4.99 Å². The molecule has 0 saturated heterocycles. The monoisotopic (exact) mass is 594 g/mol. The number of hydrogen-bond acceptors (Lipinski definition) is 6. The molecule has 3 aromatic rings. The summed E-state index contributed by atoms with van der Waals surface area (Å²) in [5.74, 6) is 0.115. The Morgan fingerprint density at radius 1 is 1.16 bits per heavy atom. The maximum absolute atomic E-state index is 14.2. The van der Waals surface area contributed by atoms with Crippen molar-refractivity contribution in [3.8, 4) is 5.75 Å². The highest BCUT2D eigenvalue weighted by atomic mass is 79.9. The molecule has 38 heavy (non-hydrogen) atoms. The number of nitrogens with zero attached hydrogens (tertiary/aromatic N) is 4. The average molecular weight is 596 g/mol. The number of carbonyl (C=O) groups excluding carboxylic acids is 2. The highest BCUT2D eigenvalue weighted by Crippen LogP contribution is 2.38. The third-order valence-electron chi connectivity index (χ3n) is 7.05. The predicted molar refractivity (Wildman–Crippen MR) is 151 cm³/mol. The van der Waals surface area contributed by atoms with Gasteiger partial charge in [0.2, 0.25) is 0 Å². The minimum absolute atomic E-state index is 0.184. The molecule has 1 atom stereocenters. The van der Waals surface area contributed by atoms with Crippen molar-refractivity contribution in [1.82, 2.24) is 9.47 Å². The quantitative estimate of drug-likeness (QED) is 0.454. The number of benzene rings is 2. The molecule has 2 aliphatic rings. The van der Waals surface area contributed by atoms with E-state index >= 15 is 0 Å². The number of ether oxygens (including phenoxy) is 1. The molecule has 5 rings (SSSR count). The van der Waals surface area contributed by atoms with Gasteiger partial charge in [-0.15, -0.1) is 0 Å². The Morgan fingerprint density at radius 3 is 2.55 bits per heavy atom. The smallest absolute Gasteiger partial charge is 0.271 e. The molecule has 2 amide bonds. The highest BCUT2D eigenvalue weighted by Gasteiger charge is 2.37. The molecule has 1 aromatic heterocycles. The van der Waals surface area contributed by atoms with Gasteiger partial charge < -0.3 is 14.5 Å².